The lowest BCUT2D eigenvalue weighted by atomic mass is 10.1. The molecule has 3 heterocycles. The fourth-order valence-corrected chi connectivity index (χ4v) is 2.70. The smallest absolute Gasteiger partial charge is 0.247 e. The molecule has 0 unspecified atom stereocenters. The number of aromatic amines is 1. The Balaban J connectivity index is 1.45. The molecular weight excluding hydrogens is 294 g/mol. The van der Waals surface area contributed by atoms with E-state index in [9.17, 15) is 4.79 Å². The molecule has 2 aromatic heterocycles. The van der Waals surface area contributed by atoms with Crippen molar-refractivity contribution in [1.29, 1.82) is 0 Å². The molecule has 0 saturated heterocycles. The molecule has 1 aliphatic rings. The molecule has 7 nitrogen and oxygen atoms in total. The Labute approximate surface area is 132 Å². The maximum absolute atomic E-state index is 12.4. The van der Waals surface area contributed by atoms with E-state index in [-0.39, 0.29) is 12.3 Å². The van der Waals surface area contributed by atoms with Crippen LogP contribution in [0.1, 0.15) is 17.1 Å². The van der Waals surface area contributed by atoms with E-state index in [0.717, 1.165) is 23.2 Å². The van der Waals surface area contributed by atoms with E-state index >= 15 is 0 Å². The third-order valence-electron chi connectivity index (χ3n) is 3.94. The number of amides is 1. The first-order chi connectivity index (χ1) is 11.3. The highest BCUT2D eigenvalue weighted by Gasteiger charge is 2.23. The van der Waals surface area contributed by atoms with Gasteiger partial charge in [0.05, 0.1) is 6.20 Å². The summed E-state index contributed by atoms with van der Waals surface area (Å²) in [5, 5.41) is 15.0. The molecule has 0 radical (unpaired) electrons. The number of H-pyrrole nitrogens is 1. The first kappa shape index (κ1) is 13.7. The average Bonchev–Trinajstić information content (AvgIpc) is 3.24. The third-order valence-corrected chi connectivity index (χ3v) is 3.94. The van der Waals surface area contributed by atoms with Crippen LogP contribution in [0.3, 0.4) is 0 Å². The van der Waals surface area contributed by atoms with Crippen molar-refractivity contribution in [3.63, 3.8) is 0 Å². The van der Waals surface area contributed by atoms with Gasteiger partial charge in [0.1, 0.15) is 6.42 Å². The molecular formula is C16H15N5O2. The standard InChI is InChI=1S/C16H15N5O2/c22-15(21-7-6-13-12(10-21)9-17-18-13)8-14-19-20-16(23-14)11-4-2-1-3-5-11/h1-5,9H,6-8,10H2,(H,17,18). The Morgan fingerprint density at radius 3 is 3.00 bits per heavy atom. The normalized spacial score (nSPS) is 13.8. The number of hydrogen-bond donors (Lipinski definition) is 1. The fourth-order valence-electron chi connectivity index (χ4n) is 2.70. The van der Waals surface area contributed by atoms with Gasteiger partial charge in [0.25, 0.3) is 0 Å². The van der Waals surface area contributed by atoms with Crippen LogP contribution in [0.25, 0.3) is 11.5 Å². The SMILES string of the molecule is O=C(Cc1nnc(-c2ccccc2)o1)N1CCc2[nH]ncc2C1. The van der Waals surface area contributed by atoms with Crippen molar-refractivity contribution in [2.24, 2.45) is 0 Å². The van der Waals surface area contributed by atoms with Crippen molar-refractivity contribution in [3.05, 3.63) is 53.7 Å². The predicted molar refractivity (Wildman–Crippen MR) is 81.1 cm³/mol. The molecule has 0 fully saturated rings. The monoisotopic (exact) mass is 309 g/mol. The molecule has 4 rings (SSSR count). The van der Waals surface area contributed by atoms with Gasteiger partial charge in [-0.2, -0.15) is 5.10 Å². The van der Waals surface area contributed by atoms with Crippen molar-refractivity contribution in [1.82, 2.24) is 25.3 Å². The summed E-state index contributed by atoms with van der Waals surface area (Å²) in [6.45, 7) is 1.25. The Kier molecular flexibility index (Phi) is 3.38. The quantitative estimate of drug-likeness (QED) is 0.793. The van der Waals surface area contributed by atoms with Crippen LogP contribution in [0.5, 0.6) is 0 Å². The van der Waals surface area contributed by atoms with Gasteiger partial charge >= 0.3 is 0 Å². The first-order valence-electron chi connectivity index (χ1n) is 7.46. The number of fused-ring (bicyclic) bond motifs is 1. The second-order valence-corrected chi connectivity index (χ2v) is 5.48. The summed E-state index contributed by atoms with van der Waals surface area (Å²) in [5.74, 6) is 0.760. The van der Waals surface area contributed by atoms with E-state index in [1.807, 2.05) is 30.3 Å². The highest BCUT2D eigenvalue weighted by Crippen LogP contribution is 2.19. The van der Waals surface area contributed by atoms with E-state index < -0.39 is 0 Å². The van der Waals surface area contributed by atoms with Crippen LogP contribution in [0, 0.1) is 0 Å². The van der Waals surface area contributed by atoms with Crippen LogP contribution >= 0.6 is 0 Å². The van der Waals surface area contributed by atoms with Crippen molar-refractivity contribution in [2.75, 3.05) is 6.54 Å². The highest BCUT2D eigenvalue weighted by atomic mass is 16.4. The zero-order valence-electron chi connectivity index (χ0n) is 12.4. The average molecular weight is 309 g/mol. The van der Waals surface area contributed by atoms with Crippen LogP contribution in [-0.2, 0) is 24.2 Å². The van der Waals surface area contributed by atoms with Gasteiger partial charge in [0.15, 0.2) is 0 Å². The lowest BCUT2D eigenvalue weighted by Gasteiger charge is -2.26. The molecule has 1 aliphatic heterocycles. The maximum atomic E-state index is 12.4. The van der Waals surface area contributed by atoms with Crippen molar-refractivity contribution >= 4 is 5.91 Å². The third kappa shape index (κ3) is 2.73. The van der Waals surface area contributed by atoms with Gasteiger partial charge in [-0.25, -0.2) is 0 Å². The Bertz CT molecular complexity index is 824. The molecule has 116 valence electrons. The molecule has 7 heteroatoms. The fraction of sp³-hybridized carbons (Fsp3) is 0.250. The number of benzene rings is 1. The van der Waals surface area contributed by atoms with Crippen LogP contribution in [0.15, 0.2) is 40.9 Å². The second kappa shape index (κ2) is 5.68. The second-order valence-electron chi connectivity index (χ2n) is 5.48. The van der Waals surface area contributed by atoms with Gasteiger partial charge in [-0.05, 0) is 12.1 Å². The molecule has 23 heavy (non-hydrogen) atoms. The minimum absolute atomic E-state index is 0.0138. The number of aromatic nitrogens is 4. The molecule has 0 saturated carbocycles. The molecule has 0 atom stereocenters. The molecule has 0 bridgehead atoms. The van der Waals surface area contributed by atoms with Crippen LogP contribution in [0.2, 0.25) is 0 Å². The lowest BCUT2D eigenvalue weighted by Crippen LogP contribution is -2.36. The topological polar surface area (TPSA) is 87.9 Å². The summed E-state index contributed by atoms with van der Waals surface area (Å²) < 4.78 is 5.60. The van der Waals surface area contributed by atoms with Crippen molar-refractivity contribution < 1.29 is 9.21 Å². The summed E-state index contributed by atoms with van der Waals surface area (Å²) in [7, 11) is 0. The van der Waals surface area contributed by atoms with Crippen molar-refractivity contribution in [2.45, 2.75) is 19.4 Å². The number of carbonyl (C=O) groups is 1. The first-order valence-corrected chi connectivity index (χ1v) is 7.46. The number of hydrogen-bond acceptors (Lipinski definition) is 5. The van der Waals surface area contributed by atoms with Gasteiger partial charge in [0, 0.05) is 36.3 Å². The van der Waals surface area contributed by atoms with E-state index in [4.69, 9.17) is 4.42 Å². The number of rotatable bonds is 3. The number of nitrogens with one attached hydrogen (secondary N) is 1. The van der Waals surface area contributed by atoms with E-state index in [1.54, 1.807) is 11.1 Å². The molecule has 1 amide bonds. The van der Waals surface area contributed by atoms with Crippen LogP contribution in [-0.4, -0.2) is 37.7 Å². The van der Waals surface area contributed by atoms with Gasteiger partial charge in [-0.3, -0.25) is 9.89 Å². The molecule has 0 aliphatic carbocycles. The minimum Gasteiger partial charge on any atom is -0.420 e. The summed E-state index contributed by atoms with van der Waals surface area (Å²) >= 11 is 0. The Morgan fingerprint density at radius 2 is 2.13 bits per heavy atom. The van der Waals surface area contributed by atoms with E-state index in [0.29, 0.717) is 24.9 Å². The zero-order chi connectivity index (χ0) is 15.6. The Morgan fingerprint density at radius 1 is 1.26 bits per heavy atom. The Hall–Kier alpha value is -2.96. The molecule has 1 aromatic carbocycles. The molecule has 1 N–H and O–H groups in total. The number of nitrogens with zero attached hydrogens (tertiary/aromatic N) is 4. The number of carbonyl (C=O) groups excluding carboxylic acids is 1. The van der Waals surface area contributed by atoms with Gasteiger partial charge in [-0.15, -0.1) is 10.2 Å². The van der Waals surface area contributed by atoms with Crippen LogP contribution < -0.4 is 0 Å². The van der Waals surface area contributed by atoms with Gasteiger partial charge in [0.2, 0.25) is 17.7 Å². The van der Waals surface area contributed by atoms with E-state index in [2.05, 4.69) is 20.4 Å². The summed E-state index contributed by atoms with van der Waals surface area (Å²) in [4.78, 5) is 14.2. The zero-order valence-corrected chi connectivity index (χ0v) is 12.4. The van der Waals surface area contributed by atoms with Gasteiger partial charge < -0.3 is 9.32 Å². The molecule has 0 spiro atoms. The largest absolute Gasteiger partial charge is 0.420 e. The van der Waals surface area contributed by atoms with Crippen LogP contribution in [0.4, 0.5) is 0 Å². The van der Waals surface area contributed by atoms with Crippen molar-refractivity contribution in [3.8, 4) is 11.5 Å². The lowest BCUT2D eigenvalue weighted by molar-refractivity contribution is -0.131. The maximum Gasteiger partial charge on any atom is 0.247 e. The minimum atomic E-state index is -0.0138. The summed E-state index contributed by atoms with van der Waals surface area (Å²) in [6, 6.07) is 9.51. The predicted octanol–water partition coefficient (Wildman–Crippen LogP) is 1.59. The summed E-state index contributed by atoms with van der Waals surface area (Å²) in [6.07, 6.45) is 2.68. The molecule has 3 aromatic rings. The highest BCUT2D eigenvalue weighted by molar-refractivity contribution is 5.78. The van der Waals surface area contributed by atoms with Gasteiger partial charge in [-0.1, -0.05) is 18.2 Å². The van der Waals surface area contributed by atoms with E-state index in [1.165, 1.54) is 0 Å². The summed E-state index contributed by atoms with van der Waals surface area (Å²) in [5.41, 5.74) is 3.03.